The Balaban J connectivity index is 1.31. The van der Waals surface area contributed by atoms with Gasteiger partial charge in [-0.3, -0.25) is 9.59 Å². The number of carbonyl (C=O) groups excluding carboxylic acids is 2. The van der Waals surface area contributed by atoms with E-state index in [-0.39, 0.29) is 28.0 Å². The van der Waals surface area contributed by atoms with Crippen LogP contribution in [-0.4, -0.2) is 24.4 Å². The summed E-state index contributed by atoms with van der Waals surface area (Å²) in [6.45, 7) is 6.61. The summed E-state index contributed by atoms with van der Waals surface area (Å²) >= 11 is 0. The van der Waals surface area contributed by atoms with Crippen LogP contribution in [0.25, 0.3) is 21.9 Å². The first-order valence-electron chi connectivity index (χ1n) is 12.7. The van der Waals surface area contributed by atoms with E-state index in [1.807, 2.05) is 12.1 Å². The molecule has 2 N–H and O–H groups in total. The number of fused-ring (bicyclic) bond motifs is 2. The molecule has 1 aliphatic rings. The summed E-state index contributed by atoms with van der Waals surface area (Å²) in [6.07, 6.45) is 2.11. The minimum absolute atomic E-state index is 0.0369. The minimum Gasteiger partial charge on any atom is -0.422 e. The molecule has 0 radical (unpaired) electrons. The van der Waals surface area contributed by atoms with E-state index in [1.165, 1.54) is 0 Å². The Hall–Kier alpha value is -4.20. The first-order valence-corrected chi connectivity index (χ1v) is 12.7. The van der Waals surface area contributed by atoms with Crippen molar-refractivity contribution in [1.29, 1.82) is 0 Å². The molecule has 38 heavy (non-hydrogen) atoms. The maximum Gasteiger partial charge on any atom is 0.349 e. The van der Waals surface area contributed by atoms with Crippen molar-refractivity contribution in [3.63, 3.8) is 0 Å². The van der Waals surface area contributed by atoms with Crippen molar-refractivity contribution >= 4 is 33.8 Å². The summed E-state index contributed by atoms with van der Waals surface area (Å²) in [5, 5.41) is 7.28. The number of amides is 2. The zero-order valence-electron chi connectivity index (χ0n) is 21.6. The zero-order chi connectivity index (χ0) is 27.1. The zero-order valence-corrected chi connectivity index (χ0v) is 21.6. The van der Waals surface area contributed by atoms with Crippen molar-refractivity contribution in [3.05, 3.63) is 92.6 Å². The number of hydrogen-bond acceptors (Lipinski definition) is 6. The van der Waals surface area contributed by atoms with Gasteiger partial charge >= 0.3 is 11.3 Å². The molecule has 5 rings (SSSR count). The van der Waals surface area contributed by atoms with Gasteiger partial charge in [-0.2, -0.15) is 0 Å². The lowest BCUT2D eigenvalue weighted by atomic mass is 9.62. The quantitative estimate of drug-likeness (QED) is 0.375. The molecule has 2 atom stereocenters. The Morgan fingerprint density at radius 1 is 0.816 bits per heavy atom. The first-order chi connectivity index (χ1) is 18.0. The molecule has 1 fully saturated rings. The standard InChI is InChI=1S/C30H30N2O6/c1-29(2)14-20(32-26(34)22-13-19-9-5-7-11-24(19)38-28(22)36)15-30(3,16-29)17-31-25(33)21-12-18-8-4-6-10-23(18)37-27(21)35/h4-13,20H,14-17H2,1-3H3,(H,31,33)(H,32,34). The van der Waals surface area contributed by atoms with Crippen molar-refractivity contribution in [1.82, 2.24) is 10.6 Å². The highest BCUT2D eigenvalue weighted by Crippen LogP contribution is 2.45. The van der Waals surface area contributed by atoms with Gasteiger partial charge in [0.15, 0.2) is 0 Å². The summed E-state index contributed by atoms with van der Waals surface area (Å²) in [5.74, 6) is -0.976. The van der Waals surface area contributed by atoms with E-state index < -0.39 is 23.1 Å². The molecule has 4 aromatic rings. The molecule has 8 heteroatoms. The second-order valence-electron chi connectivity index (χ2n) is 11.4. The number of hydrogen-bond donors (Lipinski definition) is 2. The average Bonchev–Trinajstić information content (AvgIpc) is 2.85. The number of para-hydroxylation sites is 2. The summed E-state index contributed by atoms with van der Waals surface area (Å²) in [7, 11) is 0. The van der Waals surface area contributed by atoms with E-state index in [1.54, 1.807) is 48.5 Å². The normalized spacial score (nSPS) is 20.8. The third-order valence-corrected chi connectivity index (χ3v) is 7.23. The molecule has 1 saturated carbocycles. The van der Waals surface area contributed by atoms with E-state index in [9.17, 15) is 19.2 Å². The Morgan fingerprint density at radius 2 is 1.34 bits per heavy atom. The van der Waals surface area contributed by atoms with Crippen LogP contribution in [0.2, 0.25) is 0 Å². The van der Waals surface area contributed by atoms with Crippen molar-refractivity contribution < 1.29 is 18.4 Å². The van der Waals surface area contributed by atoms with Crippen molar-refractivity contribution in [2.45, 2.75) is 46.1 Å². The summed E-state index contributed by atoms with van der Waals surface area (Å²) in [5.41, 5.74) is -1.09. The van der Waals surface area contributed by atoms with Gasteiger partial charge in [0, 0.05) is 23.4 Å². The molecule has 2 heterocycles. The molecule has 2 aromatic carbocycles. The monoisotopic (exact) mass is 514 g/mol. The number of rotatable bonds is 5. The fourth-order valence-electron chi connectivity index (χ4n) is 5.96. The molecule has 0 aliphatic heterocycles. The third-order valence-electron chi connectivity index (χ3n) is 7.23. The predicted molar refractivity (Wildman–Crippen MR) is 144 cm³/mol. The van der Waals surface area contributed by atoms with Gasteiger partial charge in [0.2, 0.25) is 0 Å². The number of carbonyl (C=O) groups is 2. The van der Waals surface area contributed by atoms with E-state index in [0.29, 0.717) is 34.9 Å². The number of benzene rings is 2. The second-order valence-corrected chi connectivity index (χ2v) is 11.4. The molecule has 2 amide bonds. The molecule has 2 unspecified atom stereocenters. The van der Waals surface area contributed by atoms with Gasteiger partial charge in [0.05, 0.1) is 0 Å². The van der Waals surface area contributed by atoms with E-state index in [4.69, 9.17) is 8.83 Å². The molecule has 1 aliphatic carbocycles. The Bertz CT molecular complexity index is 1670. The first kappa shape index (κ1) is 25.4. The van der Waals surface area contributed by atoms with Gasteiger partial charge in [0.25, 0.3) is 11.8 Å². The average molecular weight is 515 g/mol. The smallest absolute Gasteiger partial charge is 0.349 e. The van der Waals surface area contributed by atoms with Crippen LogP contribution in [0.5, 0.6) is 0 Å². The highest BCUT2D eigenvalue weighted by Gasteiger charge is 2.42. The maximum absolute atomic E-state index is 13.1. The van der Waals surface area contributed by atoms with Crippen LogP contribution < -0.4 is 21.9 Å². The van der Waals surface area contributed by atoms with Crippen LogP contribution in [0.1, 0.15) is 60.7 Å². The van der Waals surface area contributed by atoms with Gasteiger partial charge in [-0.05, 0) is 54.4 Å². The summed E-state index contributed by atoms with van der Waals surface area (Å²) < 4.78 is 10.6. The summed E-state index contributed by atoms with van der Waals surface area (Å²) in [6, 6.07) is 17.0. The van der Waals surface area contributed by atoms with Crippen LogP contribution in [-0.2, 0) is 0 Å². The largest absolute Gasteiger partial charge is 0.422 e. The van der Waals surface area contributed by atoms with Crippen LogP contribution >= 0.6 is 0 Å². The Morgan fingerprint density at radius 3 is 1.92 bits per heavy atom. The van der Waals surface area contributed by atoms with Crippen molar-refractivity contribution in [2.24, 2.45) is 10.8 Å². The predicted octanol–water partition coefficient (Wildman–Crippen LogP) is 4.64. The lowest BCUT2D eigenvalue weighted by Crippen LogP contribution is -2.51. The molecular weight excluding hydrogens is 484 g/mol. The topological polar surface area (TPSA) is 119 Å². The van der Waals surface area contributed by atoms with Crippen LogP contribution in [0.3, 0.4) is 0 Å². The molecule has 2 aromatic heterocycles. The fraction of sp³-hybridized carbons (Fsp3) is 0.333. The Labute approximate surface area is 219 Å². The fourth-order valence-corrected chi connectivity index (χ4v) is 5.96. The van der Waals surface area contributed by atoms with Gasteiger partial charge in [-0.15, -0.1) is 0 Å². The highest BCUT2D eigenvalue weighted by atomic mass is 16.4. The van der Waals surface area contributed by atoms with Gasteiger partial charge in [0.1, 0.15) is 22.3 Å². The van der Waals surface area contributed by atoms with Crippen molar-refractivity contribution in [3.8, 4) is 0 Å². The number of nitrogens with one attached hydrogen (secondary N) is 2. The lowest BCUT2D eigenvalue weighted by Gasteiger charge is -2.47. The van der Waals surface area contributed by atoms with Crippen molar-refractivity contribution in [2.75, 3.05) is 6.54 Å². The molecular formula is C30H30N2O6. The van der Waals surface area contributed by atoms with E-state index in [0.717, 1.165) is 12.8 Å². The van der Waals surface area contributed by atoms with Gasteiger partial charge < -0.3 is 19.5 Å². The molecule has 0 spiro atoms. The van der Waals surface area contributed by atoms with Crippen LogP contribution in [0.4, 0.5) is 0 Å². The van der Waals surface area contributed by atoms with Crippen LogP contribution in [0, 0.1) is 10.8 Å². The Kier molecular flexibility index (Phi) is 6.42. The lowest BCUT2D eigenvalue weighted by molar-refractivity contribution is 0.0590. The van der Waals surface area contributed by atoms with Crippen LogP contribution in [0.15, 0.2) is 79.1 Å². The third kappa shape index (κ3) is 5.25. The van der Waals surface area contributed by atoms with E-state index in [2.05, 4.69) is 31.4 Å². The van der Waals surface area contributed by atoms with E-state index >= 15 is 0 Å². The maximum atomic E-state index is 13.1. The molecule has 8 nitrogen and oxygen atoms in total. The summed E-state index contributed by atoms with van der Waals surface area (Å²) in [4.78, 5) is 51.0. The van der Waals surface area contributed by atoms with Gasteiger partial charge in [-0.25, -0.2) is 9.59 Å². The molecule has 0 bridgehead atoms. The molecule has 0 saturated heterocycles. The second kappa shape index (κ2) is 9.59. The SMILES string of the molecule is CC1(C)CC(NC(=O)c2cc3ccccc3oc2=O)CC(C)(CNC(=O)c2cc3ccccc3oc2=O)C1. The minimum atomic E-state index is -0.685. The van der Waals surface area contributed by atoms with Gasteiger partial charge in [-0.1, -0.05) is 57.2 Å². The molecule has 196 valence electrons. The highest BCUT2D eigenvalue weighted by molar-refractivity contribution is 5.97.